The number of rotatable bonds is 6. The SMILES string of the molecule is CNc1cc(F)c(C(=O)Nc2ccc3[nH]nc(-c4ccccc4OC)c3c2)c(F)c1C=N.I.[HH].[HH]. The largest absolute Gasteiger partial charge is 0.496 e. The molecular formula is C23H24F2IN5O2. The topological polar surface area (TPSA) is 103 Å². The highest BCUT2D eigenvalue weighted by molar-refractivity contribution is 14.0. The zero-order chi connectivity index (χ0) is 22.8. The molecule has 4 rings (SSSR count). The summed E-state index contributed by atoms with van der Waals surface area (Å²) in [6, 6.07) is 13.3. The van der Waals surface area contributed by atoms with Gasteiger partial charge in [-0.15, -0.1) is 24.0 Å². The van der Waals surface area contributed by atoms with Crippen molar-refractivity contribution in [3.8, 4) is 17.0 Å². The van der Waals surface area contributed by atoms with Crippen LogP contribution in [0.15, 0.2) is 48.5 Å². The lowest BCUT2D eigenvalue weighted by molar-refractivity contribution is 0.101. The van der Waals surface area contributed by atoms with E-state index >= 15 is 0 Å². The molecule has 1 aromatic heterocycles. The fraction of sp³-hybridized carbons (Fsp3) is 0.0870. The van der Waals surface area contributed by atoms with Gasteiger partial charge in [0.1, 0.15) is 28.6 Å². The molecule has 33 heavy (non-hydrogen) atoms. The van der Waals surface area contributed by atoms with Crippen molar-refractivity contribution in [2.45, 2.75) is 0 Å². The number of amides is 1. The van der Waals surface area contributed by atoms with Gasteiger partial charge >= 0.3 is 0 Å². The Kier molecular flexibility index (Phi) is 7.26. The second kappa shape index (κ2) is 9.94. The van der Waals surface area contributed by atoms with E-state index in [1.165, 1.54) is 7.05 Å². The molecule has 7 nitrogen and oxygen atoms in total. The summed E-state index contributed by atoms with van der Waals surface area (Å²) in [4.78, 5) is 12.7. The molecule has 0 saturated heterocycles. The number of carbonyl (C=O) groups excluding carboxylic acids is 1. The standard InChI is InChI=1S/C23H19F2N5O2.HI.2H2/c1-27-18-10-16(24)20(21(25)15(18)11-26)23(31)28-12-7-8-17-14(9-12)22(30-29-17)13-5-3-4-6-19(13)32-2;;;/h3-11,26-27H,1-2H3,(H,28,31)(H,29,30);3*1H. The van der Waals surface area contributed by atoms with Crippen molar-refractivity contribution in [1.29, 1.82) is 5.41 Å². The molecule has 0 unspecified atom stereocenters. The molecule has 0 radical (unpaired) electrons. The molecule has 0 spiro atoms. The summed E-state index contributed by atoms with van der Waals surface area (Å²) in [6.45, 7) is 0. The summed E-state index contributed by atoms with van der Waals surface area (Å²) in [5, 5.41) is 20.5. The lowest BCUT2D eigenvalue weighted by Crippen LogP contribution is -2.18. The van der Waals surface area contributed by atoms with E-state index in [1.807, 2.05) is 24.3 Å². The van der Waals surface area contributed by atoms with Crippen LogP contribution < -0.4 is 15.4 Å². The van der Waals surface area contributed by atoms with Crippen molar-refractivity contribution in [3.63, 3.8) is 0 Å². The zero-order valence-corrected chi connectivity index (χ0v) is 20.0. The minimum absolute atomic E-state index is 0. The van der Waals surface area contributed by atoms with Gasteiger partial charge in [-0.05, 0) is 36.4 Å². The van der Waals surface area contributed by atoms with E-state index in [-0.39, 0.29) is 38.1 Å². The summed E-state index contributed by atoms with van der Waals surface area (Å²) in [7, 11) is 3.03. The number of aromatic amines is 1. The molecule has 0 aliphatic rings. The fourth-order valence-corrected chi connectivity index (χ4v) is 3.52. The smallest absolute Gasteiger partial charge is 0.261 e. The van der Waals surface area contributed by atoms with Crippen LogP contribution in [0.3, 0.4) is 0 Å². The van der Waals surface area contributed by atoms with Crippen molar-refractivity contribution in [2.75, 3.05) is 24.8 Å². The second-order valence-electron chi connectivity index (χ2n) is 6.89. The minimum Gasteiger partial charge on any atom is -0.496 e. The maximum absolute atomic E-state index is 14.8. The number of carbonyl (C=O) groups is 1. The Morgan fingerprint density at radius 1 is 1.21 bits per heavy atom. The first-order chi connectivity index (χ1) is 15.5. The normalized spacial score (nSPS) is 10.4. The average Bonchev–Trinajstić information content (AvgIpc) is 3.21. The Morgan fingerprint density at radius 3 is 2.67 bits per heavy atom. The van der Waals surface area contributed by atoms with Gasteiger partial charge in [0.25, 0.3) is 5.91 Å². The Labute approximate surface area is 208 Å². The predicted octanol–water partition coefficient (Wildman–Crippen LogP) is 5.92. The first-order valence-electron chi connectivity index (χ1n) is 9.61. The number of H-pyrrole nitrogens is 1. The van der Waals surface area contributed by atoms with E-state index in [9.17, 15) is 13.6 Å². The molecule has 0 aliphatic carbocycles. The molecule has 0 aliphatic heterocycles. The molecule has 0 atom stereocenters. The molecule has 4 aromatic rings. The van der Waals surface area contributed by atoms with Crippen molar-refractivity contribution in [1.82, 2.24) is 10.2 Å². The number of nitrogens with zero attached hydrogens (tertiary/aromatic N) is 1. The van der Waals surface area contributed by atoms with Crippen molar-refractivity contribution in [2.24, 2.45) is 0 Å². The van der Waals surface area contributed by atoms with Crippen LogP contribution in [0.2, 0.25) is 0 Å². The van der Waals surface area contributed by atoms with Gasteiger partial charge in [0.05, 0.1) is 18.2 Å². The molecule has 0 saturated carbocycles. The molecule has 1 amide bonds. The predicted molar refractivity (Wildman–Crippen MR) is 139 cm³/mol. The fourth-order valence-electron chi connectivity index (χ4n) is 3.52. The molecule has 0 fully saturated rings. The van der Waals surface area contributed by atoms with E-state index in [4.69, 9.17) is 10.1 Å². The van der Waals surface area contributed by atoms with Gasteiger partial charge in [0.2, 0.25) is 0 Å². The number of hydrogen-bond acceptors (Lipinski definition) is 5. The third-order valence-electron chi connectivity index (χ3n) is 5.08. The highest BCUT2D eigenvalue weighted by atomic mass is 127. The summed E-state index contributed by atoms with van der Waals surface area (Å²) in [5.41, 5.74) is 1.50. The second-order valence-corrected chi connectivity index (χ2v) is 6.89. The Balaban J connectivity index is 0.00000204. The number of hydrogen-bond donors (Lipinski definition) is 4. The molecule has 4 N–H and O–H groups in total. The van der Waals surface area contributed by atoms with Crippen molar-refractivity contribution >= 4 is 58.4 Å². The molecule has 174 valence electrons. The van der Waals surface area contributed by atoms with E-state index < -0.39 is 23.1 Å². The number of para-hydroxylation sites is 1. The van der Waals surface area contributed by atoms with Crippen LogP contribution >= 0.6 is 24.0 Å². The van der Waals surface area contributed by atoms with E-state index in [0.717, 1.165) is 17.8 Å². The number of halogens is 3. The minimum atomic E-state index is -1.11. The number of fused-ring (bicyclic) bond motifs is 1. The van der Waals surface area contributed by atoms with E-state index in [0.29, 0.717) is 28.0 Å². The first-order valence-corrected chi connectivity index (χ1v) is 9.61. The molecule has 3 aromatic carbocycles. The number of aromatic nitrogens is 2. The van der Waals surface area contributed by atoms with Crippen molar-refractivity contribution < 1.29 is 21.2 Å². The van der Waals surface area contributed by atoms with E-state index in [1.54, 1.807) is 25.3 Å². The Bertz CT molecular complexity index is 1370. The van der Waals surface area contributed by atoms with Crippen LogP contribution in [0.5, 0.6) is 5.75 Å². The third-order valence-corrected chi connectivity index (χ3v) is 5.08. The number of ether oxygens (including phenoxy) is 1. The lowest BCUT2D eigenvalue weighted by atomic mass is 10.0. The molecular weight excluding hydrogens is 543 g/mol. The summed E-state index contributed by atoms with van der Waals surface area (Å²) >= 11 is 0. The summed E-state index contributed by atoms with van der Waals surface area (Å²) in [5.74, 6) is -2.48. The Hall–Kier alpha value is -3.54. The summed E-state index contributed by atoms with van der Waals surface area (Å²) < 4.78 is 34.7. The van der Waals surface area contributed by atoms with Crippen LogP contribution in [0.4, 0.5) is 20.2 Å². The maximum atomic E-state index is 14.8. The van der Waals surface area contributed by atoms with Crippen LogP contribution in [-0.4, -0.2) is 36.5 Å². The molecule has 1 heterocycles. The maximum Gasteiger partial charge on any atom is 0.261 e. The molecule has 0 bridgehead atoms. The lowest BCUT2D eigenvalue weighted by Gasteiger charge is -2.12. The highest BCUT2D eigenvalue weighted by Crippen LogP contribution is 2.34. The van der Waals surface area contributed by atoms with Crippen LogP contribution in [0, 0.1) is 17.0 Å². The zero-order valence-electron chi connectivity index (χ0n) is 17.6. The van der Waals surface area contributed by atoms with Gasteiger partial charge in [-0.2, -0.15) is 5.10 Å². The summed E-state index contributed by atoms with van der Waals surface area (Å²) in [6.07, 6.45) is 0.731. The Morgan fingerprint density at radius 2 is 1.97 bits per heavy atom. The monoisotopic (exact) mass is 567 g/mol. The third kappa shape index (κ3) is 4.38. The van der Waals surface area contributed by atoms with Crippen LogP contribution in [0.25, 0.3) is 22.2 Å². The van der Waals surface area contributed by atoms with Gasteiger partial charge in [-0.3, -0.25) is 9.89 Å². The number of nitrogens with one attached hydrogen (secondary N) is 4. The van der Waals surface area contributed by atoms with Gasteiger partial charge < -0.3 is 20.8 Å². The van der Waals surface area contributed by atoms with Gasteiger partial charge in [-0.25, -0.2) is 8.78 Å². The number of benzene rings is 3. The van der Waals surface area contributed by atoms with Gasteiger partial charge in [-0.1, -0.05) is 12.1 Å². The average molecular weight is 567 g/mol. The highest BCUT2D eigenvalue weighted by Gasteiger charge is 2.23. The van der Waals surface area contributed by atoms with E-state index in [2.05, 4.69) is 20.8 Å². The number of anilines is 2. The van der Waals surface area contributed by atoms with Gasteiger partial charge in [0, 0.05) is 38.4 Å². The van der Waals surface area contributed by atoms with Crippen LogP contribution in [0.1, 0.15) is 18.8 Å². The van der Waals surface area contributed by atoms with Crippen molar-refractivity contribution in [3.05, 3.63) is 71.3 Å². The first kappa shape index (κ1) is 24.1. The van der Waals surface area contributed by atoms with Crippen LogP contribution in [-0.2, 0) is 0 Å². The quantitative estimate of drug-likeness (QED) is 0.172. The molecule has 10 heteroatoms. The number of methoxy groups -OCH3 is 1. The van der Waals surface area contributed by atoms with Gasteiger partial charge in [0.15, 0.2) is 0 Å².